The molecule has 2 aromatic rings. The zero-order valence-corrected chi connectivity index (χ0v) is 15.2. The Kier molecular flexibility index (Phi) is 4.80. The standard InChI is InChI=1S/C17H16Cl2N4O2/c1-3-4-12-14-13(9-5-8(18)6-11(19)15(9)24-2)10(7-20)16(21)25-17(14)23-22-12/h5-6,13H,3-4,21H2,1-2H3,(H,22,23)/t13-/m0/s1. The van der Waals surface area contributed by atoms with E-state index in [2.05, 4.69) is 23.2 Å². The number of nitriles is 1. The van der Waals surface area contributed by atoms with Gasteiger partial charge in [-0.05, 0) is 18.6 Å². The number of benzene rings is 1. The lowest BCUT2D eigenvalue weighted by Gasteiger charge is -2.26. The number of aromatic amines is 1. The molecular formula is C17H16Cl2N4O2. The highest BCUT2D eigenvalue weighted by molar-refractivity contribution is 6.35. The average Bonchev–Trinajstić information content (AvgIpc) is 2.95. The van der Waals surface area contributed by atoms with E-state index in [1.165, 1.54) is 7.11 Å². The number of nitrogens with two attached hydrogens (primary N) is 1. The van der Waals surface area contributed by atoms with Crippen molar-refractivity contribution < 1.29 is 9.47 Å². The number of halogens is 2. The van der Waals surface area contributed by atoms with Gasteiger partial charge in [0, 0.05) is 16.3 Å². The molecule has 6 nitrogen and oxygen atoms in total. The molecule has 1 aromatic heterocycles. The van der Waals surface area contributed by atoms with E-state index < -0.39 is 5.92 Å². The number of nitrogens with zero attached hydrogens (tertiary/aromatic N) is 2. The van der Waals surface area contributed by atoms with Crippen LogP contribution in [-0.4, -0.2) is 17.3 Å². The predicted molar refractivity (Wildman–Crippen MR) is 94.9 cm³/mol. The lowest BCUT2D eigenvalue weighted by molar-refractivity contribution is 0.375. The first kappa shape index (κ1) is 17.5. The van der Waals surface area contributed by atoms with E-state index in [4.69, 9.17) is 38.4 Å². The van der Waals surface area contributed by atoms with Crippen LogP contribution in [0.3, 0.4) is 0 Å². The van der Waals surface area contributed by atoms with Gasteiger partial charge in [-0.3, -0.25) is 5.10 Å². The fourth-order valence-electron chi connectivity index (χ4n) is 3.07. The minimum absolute atomic E-state index is 0.00713. The van der Waals surface area contributed by atoms with Crippen molar-refractivity contribution in [3.8, 4) is 17.7 Å². The molecule has 2 heterocycles. The number of nitrogens with one attached hydrogen (secondary N) is 1. The molecule has 0 radical (unpaired) electrons. The molecule has 1 aliphatic rings. The van der Waals surface area contributed by atoms with Crippen molar-refractivity contribution in [1.29, 1.82) is 5.26 Å². The van der Waals surface area contributed by atoms with Gasteiger partial charge in [0.1, 0.15) is 17.4 Å². The van der Waals surface area contributed by atoms with E-state index >= 15 is 0 Å². The summed E-state index contributed by atoms with van der Waals surface area (Å²) >= 11 is 12.5. The Hall–Kier alpha value is -2.36. The first-order valence-corrected chi connectivity index (χ1v) is 8.45. The van der Waals surface area contributed by atoms with Crippen LogP contribution in [0.4, 0.5) is 0 Å². The largest absolute Gasteiger partial charge is 0.495 e. The number of H-pyrrole nitrogens is 1. The second-order valence-electron chi connectivity index (χ2n) is 5.61. The topological polar surface area (TPSA) is 97.0 Å². The van der Waals surface area contributed by atoms with Crippen LogP contribution in [0.25, 0.3) is 0 Å². The third-order valence-electron chi connectivity index (χ3n) is 4.07. The lowest BCUT2D eigenvalue weighted by Crippen LogP contribution is -2.21. The van der Waals surface area contributed by atoms with Gasteiger partial charge in [0.05, 0.1) is 23.6 Å². The highest BCUT2D eigenvalue weighted by Crippen LogP contribution is 2.48. The Bertz CT molecular complexity index is 899. The van der Waals surface area contributed by atoms with Crippen LogP contribution in [-0.2, 0) is 6.42 Å². The van der Waals surface area contributed by atoms with Crippen LogP contribution in [0.2, 0.25) is 10.0 Å². The molecule has 3 rings (SSSR count). The molecular weight excluding hydrogens is 363 g/mol. The molecule has 1 aromatic carbocycles. The Balaban J connectivity index is 2.31. The van der Waals surface area contributed by atoms with Gasteiger partial charge in [0.25, 0.3) is 0 Å². The molecule has 130 valence electrons. The van der Waals surface area contributed by atoms with Crippen molar-refractivity contribution in [2.75, 3.05) is 7.11 Å². The van der Waals surface area contributed by atoms with Gasteiger partial charge in [-0.2, -0.15) is 5.26 Å². The smallest absolute Gasteiger partial charge is 0.244 e. The molecule has 25 heavy (non-hydrogen) atoms. The van der Waals surface area contributed by atoms with Crippen LogP contribution in [0, 0.1) is 11.3 Å². The second-order valence-corrected chi connectivity index (χ2v) is 6.45. The zero-order valence-electron chi connectivity index (χ0n) is 13.7. The Labute approximate surface area is 155 Å². The number of allylic oxidation sites excluding steroid dienone is 1. The summed E-state index contributed by atoms with van der Waals surface area (Å²) < 4.78 is 11.0. The number of hydrogen-bond donors (Lipinski definition) is 2. The van der Waals surface area contributed by atoms with E-state index in [1.807, 2.05) is 0 Å². The van der Waals surface area contributed by atoms with Gasteiger partial charge in [0.15, 0.2) is 0 Å². The summed E-state index contributed by atoms with van der Waals surface area (Å²) in [5.74, 6) is 0.268. The summed E-state index contributed by atoms with van der Waals surface area (Å²) in [5.41, 5.74) is 8.49. The van der Waals surface area contributed by atoms with Crippen LogP contribution >= 0.6 is 23.2 Å². The lowest BCUT2D eigenvalue weighted by atomic mass is 9.83. The Morgan fingerprint density at radius 1 is 1.44 bits per heavy atom. The van der Waals surface area contributed by atoms with Crippen molar-refractivity contribution >= 4 is 23.2 Å². The molecule has 0 spiro atoms. The van der Waals surface area contributed by atoms with Gasteiger partial charge in [0.2, 0.25) is 11.8 Å². The molecule has 1 aliphatic heterocycles. The molecule has 3 N–H and O–H groups in total. The summed E-state index contributed by atoms with van der Waals surface area (Å²) in [6.45, 7) is 2.05. The van der Waals surface area contributed by atoms with E-state index in [1.54, 1.807) is 12.1 Å². The molecule has 0 amide bonds. The number of rotatable bonds is 4. The van der Waals surface area contributed by atoms with Crippen LogP contribution in [0.15, 0.2) is 23.6 Å². The monoisotopic (exact) mass is 378 g/mol. The fraction of sp³-hybridized carbons (Fsp3) is 0.294. The highest BCUT2D eigenvalue weighted by Gasteiger charge is 2.37. The summed E-state index contributed by atoms with van der Waals surface area (Å²) in [6.07, 6.45) is 1.65. The van der Waals surface area contributed by atoms with Crippen molar-refractivity contribution in [2.45, 2.75) is 25.7 Å². The van der Waals surface area contributed by atoms with E-state index in [-0.39, 0.29) is 11.5 Å². The average molecular weight is 379 g/mol. The third kappa shape index (κ3) is 2.90. The summed E-state index contributed by atoms with van der Waals surface area (Å²) in [5, 5.41) is 17.6. The number of ether oxygens (including phenoxy) is 2. The first-order chi connectivity index (χ1) is 12.0. The molecule has 0 fully saturated rings. The van der Waals surface area contributed by atoms with E-state index in [9.17, 15) is 5.26 Å². The Morgan fingerprint density at radius 3 is 2.84 bits per heavy atom. The molecule has 1 atom stereocenters. The van der Waals surface area contributed by atoms with Gasteiger partial charge in [-0.25, -0.2) is 0 Å². The van der Waals surface area contributed by atoms with Gasteiger partial charge in [-0.1, -0.05) is 36.5 Å². The van der Waals surface area contributed by atoms with Crippen LogP contribution < -0.4 is 15.2 Å². The molecule has 0 saturated carbocycles. The van der Waals surface area contributed by atoms with E-state index in [0.717, 1.165) is 24.1 Å². The van der Waals surface area contributed by atoms with Gasteiger partial charge >= 0.3 is 0 Å². The van der Waals surface area contributed by atoms with Crippen molar-refractivity contribution in [3.63, 3.8) is 0 Å². The summed E-state index contributed by atoms with van der Waals surface area (Å²) in [4.78, 5) is 0. The van der Waals surface area contributed by atoms with Crippen molar-refractivity contribution in [3.05, 3.63) is 50.5 Å². The van der Waals surface area contributed by atoms with Gasteiger partial charge < -0.3 is 15.2 Å². The number of hydrogen-bond acceptors (Lipinski definition) is 5. The number of aryl methyl sites for hydroxylation is 1. The number of fused-ring (bicyclic) bond motifs is 1. The maximum absolute atomic E-state index is 9.67. The minimum atomic E-state index is -0.528. The van der Waals surface area contributed by atoms with Crippen molar-refractivity contribution in [2.24, 2.45) is 5.73 Å². The normalized spacial score (nSPS) is 16.2. The maximum Gasteiger partial charge on any atom is 0.244 e. The van der Waals surface area contributed by atoms with E-state index in [0.29, 0.717) is 27.2 Å². The summed E-state index contributed by atoms with van der Waals surface area (Å²) in [6, 6.07) is 5.45. The fourth-order valence-corrected chi connectivity index (χ4v) is 3.66. The molecule has 0 bridgehead atoms. The number of methoxy groups -OCH3 is 1. The second kappa shape index (κ2) is 6.87. The molecule has 8 heteroatoms. The molecule has 0 aliphatic carbocycles. The molecule has 0 saturated heterocycles. The van der Waals surface area contributed by atoms with Crippen LogP contribution in [0.5, 0.6) is 11.6 Å². The SMILES string of the molecule is CCCc1[nH]nc2c1[C@@H](c1cc(Cl)cc(Cl)c1OC)C(C#N)=C(N)O2. The van der Waals surface area contributed by atoms with Gasteiger partial charge in [-0.15, -0.1) is 5.10 Å². The quantitative estimate of drug-likeness (QED) is 0.840. The van der Waals surface area contributed by atoms with Crippen molar-refractivity contribution in [1.82, 2.24) is 10.2 Å². The number of aromatic nitrogens is 2. The molecule has 0 unspecified atom stereocenters. The predicted octanol–water partition coefficient (Wildman–Crippen LogP) is 3.90. The summed E-state index contributed by atoms with van der Waals surface area (Å²) in [7, 11) is 1.51. The first-order valence-electron chi connectivity index (χ1n) is 7.69. The minimum Gasteiger partial charge on any atom is -0.495 e. The maximum atomic E-state index is 9.67. The highest BCUT2D eigenvalue weighted by atomic mass is 35.5. The third-order valence-corrected chi connectivity index (χ3v) is 4.57. The van der Waals surface area contributed by atoms with Crippen LogP contribution in [0.1, 0.15) is 36.1 Å². The Morgan fingerprint density at radius 2 is 2.20 bits per heavy atom. The zero-order chi connectivity index (χ0) is 18.1.